The number of carboxylic acid groups (broad SMARTS) is 1. The van der Waals surface area contributed by atoms with Gasteiger partial charge in [-0.05, 0) is 31.5 Å². The normalized spacial score (nSPS) is 10.6. The Morgan fingerprint density at radius 3 is 2.65 bits per heavy atom. The standard InChI is InChI=1S/C14H15ClN2O2S/c1-3-17(4-2)14-16-11(13(18)19)12(20-14)9-6-5-7-10(15)8-9/h5-8H,3-4H2,1-2H3,(H,18,19). The van der Waals surface area contributed by atoms with E-state index in [4.69, 9.17) is 11.6 Å². The Bertz CT molecular complexity index is 623. The minimum atomic E-state index is -1.02. The van der Waals surface area contributed by atoms with Crippen molar-refractivity contribution in [3.8, 4) is 10.4 Å². The second-order valence-corrected chi connectivity index (χ2v) is 5.58. The van der Waals surface area contributed by atoms with Gasteiger partial charge in [0, 0.05) is 18.1 Å². The van der Waals surface area contributed by atoms with Crippen LogP contribution in [-0.2, 0) is 0 Å². The molecule has 0 unspecified atom stereocenters. The van der Waals surface area contributed by atoms with E-state index in [0.29, 0.717) is 9.90 Å². The monoisotopic (exact) mass is 310 g/mol. The molecule has 106 valence electrons. The van der Waals surface area contributed by atoms with Gasteiger partial charge in [-0.2, -0.15) is 0 Å². The fourth-order valence-electron chi connectivity index (χ4n) is 1.91. The summed E-state index contributed by atoms with van der Waals surface area (Å²) in [6.07, 6.45) is 0. The van der Waals surface area contributed by atoms with E-state index in [9.17, 15) is 9.90 Å². The molecule has 0 radical (unpaired) electrons. The van der Waals surface area contributed by atoms with Crippen LogP contribution in [0.4, 0.5) is 5.13 Å². The number of aromatic nitrogens is 1. The molecule has 0 amide bonds. The summed E-state index contributed by atoms with van der Waals surface area (Å²) in [7, 11) is 0. The van der Waals surface area contributed by atoms with Crippen LogP contribution >= 0.6 is 22.9 Å². The number of thiazole rings is 1. The van der Waals surface area contributed by atoms with Crippen LogP contribution in [0.15, 0.2) is 24.3 Å². The van der Waals surface area contributed by atoms with Crippen molar-refractivity contribution in [2.75, 3.05) is 18.0 Å². The number of benzene rings is 1. The van der Waals surface area contributed by atoms with E-state index in [1.54, 1.807) is 18.2 Å². The Labute approximate surface area is 126 Å². The number of carbonyl (C=O) groups is 1. The van der Waals surface area contributed by atoms with Gasteiger partial charge in [-0.1, -0.05) is 35.1 Å². The van der Waals surface area contributed by atoms with E-state index < -0.39 is 5.97 Å². The lowest BCUT2D eigenvalue weighted by Crippen LogP contribution is -2.21. The Hall–Kier alpha value is -1.59. The van der Waals surface area contributed by atoms with E-state index >= 15 is 0 Å². The zero-order valence-electron chi connectivity index (χ0n) is 11.3. The first-order valence-electron chi connectivity index (χ1n) is 6.31. The van der Waals surface area contributed by atoms with Crippen LogP contribution in [0.2, 0.25) is 5.02 Å². The highest BCUT2D eigenvalue weighted by molar-refractivity contribution is 7.19. The van der Waals surface area contributed by atoms with Crippen LogP contribution in [-0.4, -0.2) is 29.1 Å². The molecule has 0 bridgehead atoms. The molecule has 4 nitrogen and oxygen atoms in total. The van der Waals surface area contributed by atoms with Crippen LogP contribution in [0.25, 0.3) is 10.4 Å². The zero-order valence-corrected chi connectivity index (χ0v) is 12.8. The summed E-state index contributed by atoms with van der Waals surface area (Å²) in [6, 6.07) is 7.17. The molecule has 6 heteroatoms. The number of anilines is 1. The fourth-order valence-corrected chi connectivity index (χ4v) is 3.28. The summed E-state index contributed by atoms with van der Waals surface area (Å²) in [4.78, 5) is 18.3. The van der Waals surface area contributed by atoms with E-state index in [1.807, 2.05) is 24.8 Å². The Morgan fingerprint density at radius 1 is 1.40 bits per heavy atom. The van der Waals surface area contributed by atoms with Crippen molar-refractivity contribution in [1.29, 1.82) is 0 Å². The van der Waals surface area contributed by atoms with Crippen LogP contribution in [0.5, 0.6) is 0 Å². The van der Waals surface area contributed by atoms with E-state index in [0.717, 1.165) is 23.8 Å². The number of carboxylic acids is 1. The molecule has 0 atom stereocenters. The first kappa shape index (κ1) is 14.8. The summed E-state index contributed by atoms with van der Waals surface area (Å²) in [5, 5.41) is 10.6. The van der Waals surface area contributed by atoms with Gasteiger partial charge in [0.15, 0.2) is 10.8 Å². The van der Waals surface area contributed by atoms with Gasteiger partial charge < -0.3 is 10.0 Å². The van der Waals surface area contributed by atoms with Gasteiger partial charge in [0.2, 0.25) is 0 Å². The minimum Gasteiger partial charge on any atom is -0.476 e. The molecule has 1 N–H and O–H groups in total. The summed E-state index contributed by atoms with van der Waals surface area (Å²) in [5.74, 6) is -1.02. The molecule has 1 aromatic heterocycles. The van der Waals surface area contributed by atoms with Crippen LogP contribution in [0.1, 0.15) is 24.3 Å². The van der Waals surface area contributed by atoms with E-state index in [2.05, 4.69) is 4.98 Å². The molecule has 0 aliphatic heterocycles. The molecule has 0 aliphatic carbocycles. The second kappa shape index (κ2) is 6.24. The van der Waals surface area contributed by atoms with Crippen molar-refractivity contribution >= 4 is 34.0 Å². The van der Waals surface area contributed by atoms with Gasteiger partial charge in [-0.3, -0.25) is 0 Å². The highest BCUT2D eigenvalue weighted by Gasteiger charge is 2.21. The first-order valence-corrected chi connectivity index (χ1v) is 7.51. The van der Waals surface area contributed by atoms with Crippen molar-refractivity contribution in [2.45, 2.75) is 13.8 Å². The number of rotatable bonds is 5. The second-order valence-electron chi connectivity index (χ2n) is 4.16. The van der Waals surface area contributed by atoms with Crippen molar-refractivity contribution < 1.29 is 9.90 Å². The summed E-state index contributed by atoms with van der Waals surface area (Å²) < 4.78 is 0. The quantitative estimate of drug-likeness (QED) is 0.906. The average molecular weight is 311 g/mol. The molecule has 2 aromatic rings. The molecule has 0 spiro atoms. The van der Waals surface area contributed by atoms with Gasteiger partial charge in [-0.15, -0.1) is 0 Å². The van der Waals surface area contributed by atoms with Gasteiger partial charge in [-0.25, -0.2) is 9.78 Å². The minimum absolute atomic E-state index is 0.0826. The molecular formula is C14H15ClN2O2S. The predicted octanol–water partition coefficient (Wildman–Crippen LogP) is 4.01. The van der Waals surface area contributed by atoms with Crippen LogP contribution < -0.4 is 4.90 Å². The van der Waals surface area contributed by atoms with Crippen molar-refractivity contribution in [1.82, 2.24) is 4.98 Å². The van der Waals surface area contributed by atoms with Crippen molar-refractivity contribution in [3.05, 3.63) is 35.0 Å². The lowest BCUT2D eigenvalue weighted by molar-refractivity contribution is 0.0692. The summed E-state index contributed by atoms with van der Waals surface area (Å²) >= 11 is 7.36. The number of hydrogen-bond donors (Lipinski definition) is 1. The third kappa shape index (κ3) is 2.94. The molecular weight excluding hydrogens is 296 g/mol. The lowest BCUT2D eigenvalue weighted by Gasteiger charge is -2.16. The van der Waals surface area contributed by atoms with Gasteiger partial charge >= 0.3 is 5.97 Å². The maximum absolute atomic E-state index is 11.4. The fraction of sp³-hybridized carbons (Fsp3) is 0.286. The SMILES string of the molecule is CCN(CC)c1nc(C(=O)O)c(-c2cccc(Cl)c2)s1. The molecule has 0 aliphatic rings. The topological polar surface area (TPSA) is 53.4 Å². The number of aromatic carboxylic acids is 1. The third-order valence-corrected chi connectivity index (χ3v) is 4.34. The zero-order chi connectivity index (χ0) is 14.7. The first-order chi connectivity index (χ1) is 9.56. The molecule has 20 heavy (non-hydrogen) atoms. The summed E-state index contributed by atoms with van der Waals surface area (Å²) in [5.41, 5.74) is 0.866. The molecule has 2 rings (SSSR count). The number of nitrogens with zero attached hydrogens (tertiary/aromatic N) is 2. The summed E-state index contributed by atoms with van der Waals surface area (Å²) in [6.45, 7) is 5.62. The predicted molar refractivity (Wildman–Crippen MR) is 83.1 cm³/mol. The molecule has 1 heterocycles. The number of halogens is 1. The average Bonchev–Trinajstić information content (AvgIpc) is 2.85. The Morgan fingerprint density at radius 2 is 2.10 bits per heavy atom. The molecule has 0 saturated carbocycles. The van der Waals surface area contributed by atoms with Crippen LogP contribution in [0, 0.1) is 0 Å². The van der Waals surface area contributed by atoms with Gasteiger partial charge in [0.25, 0.3) is 0 Å². The Kier molecular flexibility index (Phi) is 4.62. The van der Waals surface area contributed by atoms with E-state index in [-0.39, 0.29) is 5.69 Å². The molecule has 0 fully saturated rings. The highest BCUT2D eigenvalue weighted by atomic mass is 35.5. The van der Waals surface area contributed by atoms with Crippen LogP contribution in [0.3, 0.4) is 0 Å². The largest absolute Gasteiger partial charge is 0.476 e. The van der Waals surface area contributed by atoms with Gasteiger partial charge in [0.05, 0.1) is 4.88 Å². The third-order valence-electron chi connectivity index (χ3n) is 2.94. The molecule has 0 saturated heterocycles. The van der Waals surface area contributed by atoms with Crippen molar-refractivity contribution in [3.63, 3.8) is 0 Å². The number of hydrogen-bond acceptors (Lipinski definition) is 4. The maximum Gasteiger partial charge on any atom is 0.356 e. The van der Waals surface area contributed by atoms with Crippen molar-refractivity contribution in [2.24, 2.45) is 0 Å². The van der Waals surface area contributed by atoms with Gasteiger partial charge in [0.1, 0.15) is 0 Å². The van der Waals surface area contributed by atoms with E-state index in [1.165, 1.54) is 11.3 Å². The Balaban J connectivity index is 2.54. The molecule has 1 aromatic carbocycles. The lowest BCUT2D eigenvalue weighted by atomic mass is 10.1. The highest BCUT2D eigenvalue weighted by Crippen LogP contribution is 2.35. The smallest absolute Gasteiger partial charge is 0.356 e. The maximum atomic E-state index is 11.4.